The van der Waals surface area contributed by atoms with Gasteiger partial charge >= 0.3 is 0 Å². The second kappa shape index (κ2) is 5.96. The topological polar surface area (TPSA) is 26.3 Å². The summed E-state index contributed by atoms with van der Waals surface area (Å²) < 4.78 is 5.14. The zero-order valence-corrected chi connectivity index (χ0v) is 7.46. The largest absolute Gasteiger partial charge is 0.491 e. The van der Waals surface area contributed by atoms with E-state index in [-0.39, 0.29) is 0 Å². The fourth-order valence-electron chi connectivity index (χ4n) is 0.598. The summed E-state index contributed by atoms with van der Waals surface area (Å²) in [5.41, 5.74) is 0. The predicted molar refractivity (Wildman–Crippen MR) is 45.2 cm³/mol. The normalized spacial score (nSPS) is 11.8. The molecule has 0 fully saturated rings. The van der Waals surface area contributed by atoms with Crippen LogP contribution in [0.4, 0.5) is 0 Å². The van der Waals surface area contributed by atoms with Crippen LogP contribution >= 0.6 is 0 Å². The minimum Gasteiger partial charge on any atom is -0.491 e. The van der Waals surface area contributed by atoms with Gasteiger partial charge in [-0.2, -0.15) is 0 Å². The van der Waals surface area contributed by atoms with Crippen LogP contribution in [0.1, 0.15) is 27.2 Å². The molecule has 2 heteroatoms. The molecular formula is C9H16O2. The van der Waals surface area contributed by atoms with E-state index in [1.807, 2.05) is 0 Å². The van der Waals surface area contributed by atoms with Crippen LogP contribution in [0.15, 0.2) is 11.8 Å². The van der Waals surface area contributed by atoms with Gasteiger partial charge < -0.3 is 4.74 Å². The number of carbonyl (C=O) groups excluding carboxylic acids is 1. The maximum absolute atomic E-state index is 10.2. The van der Waals surface area contributed by atoms with Crippen molar-refractivity contribution >= 4 is 6.29 Å². The Morgan fingerprint density at radius 1 is 1.55 bits per heavy atom. The van der Waals surface area contributed by atoms with Crippen LogP contribution in [0.25, 0.3) is 0 Å². The highest BCUT2D eigenvalue weighted by Crippen LogP contribution is 2.01. The first-order chi connectivity index (χ1) is 5.20. The van der Waals surface area contributed by atoms with Gasteiger partial charge in [0.05, 0.1) is 6.61 Å². The summed E-state index contributed by atoms with van der Waals surface area (Å²) in [5, 5.41) is 0. The van der Waals surface area contributed by atoms with Crippen molar-refractivity contribution in [2.45, 2.75) is 27.2 Å². The molecule has 0 aromatic carbocycles. The lowest BCUT2D eigenvalue weighted by atomic mass is 10.1. The quantitative estimate of drug-likeness (QED) is 0.346. The average molecular weight is 156 g/mol. The van der Waals surface area contributed by atoms with E-state index in [2.05, 4.69) is 13.8 Å². The minimum absolute atomic E-state index is 0.436. The molecule has 0 heterocycles. The lowest BCUT2D eigenvalue weighted by Gasteiger charge is -2.06. The van der Waals surface area contributed by atoms with Crippen LogP contribution in [-0.4, -0.2) is 12.9 Å². The van der Waals surface area contributed by atoms with Crippen molar-refractivity contribution in [1.29, 1.82) is 0 Å². The van der Waals surface area contributed by atoms with Gasteiger partial charge in [-0.1, -0.05) is 13.8 Å². The predicted octanol–water partition coefficient (Wildman–Crippen LogP) is 2.15. The monoisotopic (exact) mass is 156 g/mol. The Hall–Kier alpha value is -0.790. The van der Waals surface area contributed by atoms with E-state index in [1.165, 1.54) is 0 Å². The van der Waals surface area contributed by atoms with Crippen LogP contribution in [0.5, 0.6) is 0 Å². The molecule has 0 radical (unpaired) electrons. The van der Waals surface area contributed by atoms with E-state index < -0.39 is 0 Å². The molecule has 0 aliphatic carbocycles. The minimum atomic E-state index is 0.436. The second-order valence-corrected chi connectivity index (χ2v) is 2.84. The van der Waals surface area contributed by atoms with Gasteiger partial charge in [-0.3, -0.25) is 4.79 Å². The Morgan fingerprint density at radius 2 is 2.18 bits per heavy atom. The molecule has 0 rings (SSSR count). The van der Waals surface area contributed by atoms with Gasteiger partial charge in [0.25, 0.3) is 0 Å². The molecule has 0 N–H and O–H groups in total. The van der Waals surface area contributed by atoms with E-state index in [4.69, 9.17) is 4.74 Å². The first kappa shape index (κ1) is 10.2. The van der Waals surface area contributed by atoms with Gasteiger partial charge in [-0.15, -0.1) is 0 Å². The maximum Gasteiger partial charge on any atom is 0.184 e. The highest BCUT2D eigenvalue weighted by atomic mass is 16.5. The maximum atomic E-state index is 10.2. The van der Waals surface area contributed by atoms with Crippen molar-refractivity contribution in [2.24, 2.45) is 5.92 Å². The molecule has 0 aromatic rings. The Kier molecular flexibility index (Phi) is 5.53. The molecular weight excluding hydrogens is 140 g/mol. The highest BCUT2D eigenvalue weighted by Gasteiger charge is 1.96. The van der Waals surface area contributed by atoms with Crippen LogP contribution in [0.2, 0.25) is 0 Å². The molecule has 2 nitrogen and oxygen atoms in total. The van der Waals surface area contributed by atoms with Gasteiger partial charge in [-0.25, -0.2) is 0 Å². The number of ether oxygens (including phenoxy) is 1. The number of hydrogen-bond donors (Lipinski definition) is 0. The van der Waals surface area contributed by atoms with Crippen LogP contribution in [-0.2, 0) is 9.53 Å². The first-order valence-corrected chi connectivity index (χ1v) is 3.95. The standard InChI is InChI=1S/C9H16O2/c1-4-9(7-10)11-6-5-8(2)3/h4,7-8H,5-6H2,1-3H3. The number of aldehydes is 1. The van der Waals surface area contributed by atoms with Crippen molar-refractivity contribution in [2.75, 3.05) is 6.61 Å². The lowest BCUT2D eigenvalue weighted by molar-refractivity contribution is -0.107. The Balaban J connectivity index is 3.45. The number of carbonyl (C=O) groups is 1. The summed E-state index contributed by atoms with van der Waals surface area (Å²) in [6, 6.07) is 0. The highest BCUT2D eigenvalue weighted by molar-refractivity contribution is 5.69. The number of hydrogen-bond acceptors (Lipinski definition) is 2. The van der Waals surface area contributed by atoms with E-state index in [1.54, 1.807) is 13.0 Å². The van der Waals surface area contributed by atoms with Gasteiger partial charge in [0, 0.05) is 0 Å². The summed E-state index contributed by atoms with van der Waals surface area (Å²) in [5.74, 6) is 1.06. The molecule has 11 heavy (non-hydrogen) atoms. The summed E-state index contributed by atoms with van der Waals surface area (Å²) in [6.07, 6.45) is 3.40. The molecule has 0 spiro atoms. The molecule has 0 saturated heterocycles. The second-order valence-electron chi connectivity index (χ2n) is 2.84. The lowest BCUT2D eigenvalue weighted by Crippen LogP contribution is -1.99. The fourth-order valence-corrected chi connectivity index (χ4v) is 0.598. The molecule has 0 bridgehead atoms. The van der Waals surface area contributed by atoms with Crippen LogP contribution in [0.3, 0.4) is 0 Å². The molecule has 0 saturated carbocycles. The fraction of sp³-hybridized carbons (Fsp3) is 0.667. The Morgan fingerprint density at radius 3 is 2.55 bits per heavy atom. The molecule has 0 amide bonds. The zero-order valence-electron chi connectivity index (χ0n) is 7.46. The van der Waals surface area contributed by atoms with Crippen LogP contribution < -0.4 is 0 Å². The van der Waals surface area contributed by atoms with E-state index >= 15 is 0 Å². The summed E-state index contributed by atoms with van der Waals surface area (Å²) in [7, 11) is 0. The molecule has 64 valence electrons. The van der Waals surface area contributed by atoms with E-state index in [9.17, 15) is 4.79 Å². The van der Waals surface area contributed by atoms with Crippen molar-refractivity contribution in [3.05, 3.63) is 11.8 Å². The summed E-state index contributed by atoms with van der Waals surface area (Å²) in [6.45, 7) is 6.67. The zero-order chi connectivity index (χ0) is 8.69. The Labute approximate surface area is 68.2 Å². The van der Waals surface area contributed by atoms with Gasteiger partial charge in [0.15, 0.2) is 12.0 Å². The third kappa shape index (κ3) is 5.64. The third-order valence-electron chi connectivity index (χ3n) is 1.36. The SMILES string of the molecule is CC=C(C=O)OCCC(C)C. The molecule has 0 aromatic heterocycles. The van der Waals surface area contributed by atoms with Crippen molar-refractivity contribution < 1.29 is 9.53 Å². The van der Waals surface area contributed by atoms with Crippen LogP contribution in [0, 0.1) is 5.92 Å². The van der Waals surface area contributed by atoms with Gasteiger partial charge in [0.2, 0.25) is 0 Å². The molecule has 0 unspecified atom stereocenters. The molecule has 0 atom stereocenters. The van der Waals surface area contributed by atoms with Gasteiger partial charge in [0.1, 0.15) is 0 Å². The average Bonchev–Trinajstić information content (AvgIpc) is 1.98. The van der Waals surface area contributed by atoms with Crippen molar-refractivity contribution in [3.8, 4) is 0 Å². The van der Waals surface area contributed by atoms with Crippen molar-refractivity contribution in [1.82, 2.24) is 0 Å². The van der Waals surface area contributed by atoms with E-state index in [0.29, 0.717) is 18.3 Å². The summed E-state index contributed by atoms with van der Waals surface area (Å²) >= 11 is 0. The van der Waals surface area contributed by atoms with Gasteiger partial charge in [-0.05, 0) is 25.3 Å². The number of allylic oxidation sites excluding steroid dienone is 2. The third-order valence-corrected chi connectivity index (χ3v) is 1.36. The van der Waals surface area contributed by atoms with Crippen molar-refractivity contribution in [3.63, 3.8) is 0 Å². The molecule has 0 aliphatic heterocycles. The molecule has 0 aliphatic rings. The number of rotatable bonds is 5. The van der Waals surface area contributed by atoms with E-state index in [0.717, 1.165) is 12.7 Å². The first-order valence-electron chi connectivity index (χ1n) is 3.95. The Bertz CT molecular complexity index is 136. The summed E-state index contributed by atoms with van der Waals surface area (Å²) in [4.78, 5) is 10.2. The smallest absolute Gasteiger partial charge is 0.184 e.